The molecule has 0 saturated carbocycles. The van der Waals surface area contributed by atoms with E-state index in [0.29, 0.717) is 0 Å². The van der Waals surface area contributed by atoms with Crippen LogP contribution in [0.15, 0.2) is 4.40 Å². The molecule has 7 heavy (non-hydrogen) atoms. The number of amidine groups is 1. The standard InChI is InChI=1S/C4H10N2S/c1-4(5-7)6(2)3/h7H,1-3H3/b5-4-. The van der Waals surface area contributed by atoms with Gasteiger partial charge in [-0.2, -0.15) is 0 Å². The summed E-state index contributed by atoms with van der Waals surface area (Å²) in [4.78, 5) is 1.90. The summed E-state index contributed by atoms with van der Waals surface area (Å²) in [7, 11) is 3.85. The van der Waals surface area contributed by atoms with Gasteiger partial charge in [0.05, 0.1) is 0 Å². The van der Waals surface area contributed by atoms with E-state index < -0.39 is 0 Å². The lowest BCUT2D eigenvalue weighted by Gasteiger charge is -2.07. The summed E-state index contributed by atoms with van der Waals surface area (Å²) >= 11 is 3.70. The van der Waals surface area contributed by atoms with Crippen molar-refractivity contribution >= 4 is 18.7 Å². The lowest BCUT2D eigenvalue weighted by atomic mass is 10.6. The van der Waals surface area contributed by atoms with Crippen molar-refractivity contribution < 1.29 is 0 Å². The number of thiol groups is 1. The fourth-order valence-electron chi connectivity index (χ4n) is 0.0894. The highest BCUT2D eigenvalue weighted by Crippen LogP contribution is 1.83. The minimum Gasteiger partial charge on any atom is -0.366 e. The predicted octanol–water partition coefficient (Wildman–Crippen LogP) is 0.811. The van der Waals surface area contributed by atoms with Crippen LogP contribution >= 0.6 is 12.8 Å². The average molecular weight is 118 g/mol. The van der Waals surface area contributed by atoms with Crippen molar-refractivity contribution in [1.29, 1.82) is 0 Å². The molecule has 0 aliphatic heterocycles. The van der Waals surface area contributed by atoms with E-state index in [0.717, 1.165) is 5.84 Å². The van der Waals surface area contributed by atoms with Crippen LogP contribution in [0.2, 0.25) is 0 Å². The maximum Gasteiger partial charge on any atom is 0.109 e. The van der Waals surface area contributed by atoms with Gasteiger partial charge in [0.2, 0.25) is 0 Å². The van der Waals surface area contributed by atoms with Crippen LogP contribution in [0.5, 0.6) is 0 Å². The minimum absolute atomic E-state index is 0.920. The Morgan fingerprint density at radius 1 is 1.57 bits per heavy atom. The lowest BCUT2D eigenvalue weighted by molar-refractivity contribution is 0.621. The molecule has 2 nitrogen and oxygen atoms in total. The average Bonchev–Trinajstić information content (AvgIpc) is 1.65. The summed E-state index contributed by atoms with van der Waals surface area (Å²) in [6.45, 7) is 1.90. The molecule has 0 atom stereocenters. The predicted molar refractivity (Wildman–Crippen MR) is 35.8 cm³/mol. The highest BCUT2D eigenvalue weighted by atomic mass is 32.1. The first kappa shape index (κ1) is 6.82. The van der Waals surface area contributed by atoms with E-state index in [4.69, 9.17) is 0 Å². The minimum atomic E-state index is 0.920. The summed E-state index contributed by atoms with van der Waals surface area (Å²) in [5.74, 6) is 0.920. The number of nitrogens with zero attached hydrogens (tertiary/aromatic N) is 2. The second-order valence-electron chi connectivity index (χ2n) is 1.54. The van der Waals surface area contributed by atoms with Gasteiger partial charge in [0.15, 0.2) is 0 Å². The van der Waals surface area contributed by atoms with Crippen LogP contribution in [-0.2, 0) is 0 Å². The summed E-state index contributed by atoms with van der Waals surface area (Å²) in [6.07, 6.45) is 0. The third-order valence-corrected chi connectivity index (χ3v) is 1.08. The van der Waals surface area contributed by atoms with Gasteiger partial charge in [0.1, 0.15) is 5.84 Å². The summed E-state index contributed by atoms with van der Waals surface area (Å²) in [6, 6.07) is 0. The first-order chi connectivity index (χ1) is 3.18. The molecule has 0 spiro atoms. The molecule has 0 aromatic heterocycles. The van der Waals surface area contributed by atoms with Crippen LogP contribution in [-0.4, -0.2) is 24.8 Å². The molecule has 3 heteroatoms. The maximum atomic E-state index is 3.70. The largest absolute Gasteiger partial charge is 0.366 e. The monoisotopic (exact) mass is 118 g/mol. The van der Waals surface area contributed by atoms with Crippen molar-refractivity contribution in [2.45, 2.75) is 6.92 Å². The molecule has 0 saturated heterocycles. The molecule has 0 N–H and O–H groups in total. The number of hydrogen-bond donors (Lipinski definition) is 1. The Bertz CT molecular complexity index is 77.8. The highest BCUT2D eigenvalue weighted by Gasteiger charge is 1.86. The van der Waals surface area contributed by atoms with Gasteiger partial charge in [0.25, 0.3) is 0 Å². The number of rotatable bonds is 0. The van der Waals surface area contributed by atoms with Gasteiger partial charge in [-0.1, -0.05) is 0 Å². The molecule has 0 heterocycles. The third-order valence-electron chi connectivity index (χ3n) is 0.792. The summed E-state index contributed by atoms with van der Waals surface area (Å²) in [5, 5.41) is 0. The van der Waals surface area contributed by atoms with Gasteiger partial charge in [-0.15, -0.1) is 0 Å². The lowest BCUT2D eigenvalue weighted by Crippen LogP contribution is -2.17. The molecule has 0 bridgehead atoms. The van der Waals surface area contributed by atoms with E-state index >= 15 is 0 Å². The van der Waals surface area contributed by atoms with Crippen molar-refractivity contribution in [1.82, 2.24) is 4.90 Å². The zero-order chi connectivity index (χ0) is 5.86. The Labute approximate surface area is 49.8 Å². The molecule has 0 amide bonds. The molecule has 0 aliphatic rings. The van der Waals surface area contributed by atoms with Crippen molar-refractivity contribution in [2.24, 2.45) is 4.40 Å². The van der Waals surface area contributed by atoms with Gasteiger partial charge in [-0.25, -0.2) is 4.40 Å². The van der Waals surface area contributed by atoms with E-state index in [-0.39, 0.29) is 0 Å². The molecule has 42 valence electrons. The molecule has 0 radical (unpaired) electrons. The summed E-state index contributed by atoms with van der Waals surface area (Å²) in [5.41, 5.74) is 0. The first-order valence-electron chi connectivity index (χ1n) is 2.04. The Morgan fingerprint density at radius 2 is 2.00 bits per heavy atom. The first-order valence-corrected chi connectivity index (χ1v) is 2.44. The molecular formula is C4H10N2S. The molecule has 0 rings (SSSR count). The van der Waals surface area contributed by atoms with Crippen LogP contribution in [0.3, 0.4) is 0 Å². The van der Waals surface area contributed by atoms with E-state index in [9.17, 15) is 0 Å². The zero-order valence-corrected chi connectivity index (χ0v) is 5.74. The van der Waals surface area contributed by atoms with Crippen LogP contribution in [0.25, 0.3) is 0 Å². The van der Waals surface area contributed by atoms with E-state index in [1.165, 1.54) is 0 Å². The van der Waals surface area contributed by atoms with Crippen LogP contribution in [0, 0.1) is 0 Å². The maximum absolute atomic E-state index is 3.70. The SMILES string of the molecule is C/C(=N/S)N(C)C. The van der Waals surface area contributed by atoms with Gasteiger partial charge >= 0.3 is 0 Å². The van der Waals surface area contributed by atoms with Crippen molar-refractivity contribution in [3.8, 4) is 0 Å². The van der Waals surface area contributed by atoms with Gasteiger partial charge < -0.3 is 4.90 Å². The molecule has 0 fully saturated rings. The fraction of sp³-hybridized carbons (Fsp3) is 0.750. The Balaban J connectivity index is 3.56. The van der Waals surface area contributed by atoms with Crippen molar-refractivity contribution in [3.05, 3.63) is 0 Å². The quantitative estimate of drug-likeness (QED) is 0.283. The molecular weight excluding hydrogens is 108 g/mol. The van der Waals surface area contributed by atoms with E-state index in [1.54, 1.807) is 0 Å². The van der Waals surface area contributed by atoms with Crippen molar-refractivity contribution in [2.75, 3.05) is 14.1 Å². The van der Waals surface area contributed by atoms with Gasteiger partial charge in [-0.05, 0) is 19.7 Å². The summed E-state index contributed by atoms with van der Waals surface area (Å²) < 4.78 is 3.62. The van der Waals surface area contributed by atoms with Crippen LogP contribution < -0.4 is 0 Å². The topological polar surface area (TPSA) is 15.6 Å². The Hall–Kier alpha value is -0.180. The third kappa shape index (κ3) is 2.51. The van der Waals surface area contributed by atoms with Crippen molar-refractivity contribution in [3.63, 3.8) is 0 Å². The molecule has 0 aliphatic carbocycles. The normalized spacial score (nSPS) is 11.7. The smallest absolute Gasteiger partial charge is 0.109 e. The molecule has 0 aromatic rings. The molecule has 0 unspecified atom stereocenters. The van der Waals surface area contributed by atoms with E-state index in [2.05, 4.69) is 17.2 Å². The fourth-order valence-corrected chi connectivity index (χ4v) is 0.268. The highest BCUT2D eigenvalue weighted by molar-refractivity contribution is 7.79. The second-order valence-corrected chi connectivity index (χ2v) is 1.74. The van der Waals surface area contributed by atoms with Crippen LogP contribution in [0.1, 0.15) is 6.92 Å². The zero-order valence-electron chi connectivity index (χ0n) is 4.84. The number of hydrogen-bond acceptors (Lipinski definition) is 2. The molecule has 0 aromatic carbocycles. The van der Waals surface area contributed by atoms with E-state index in [1.807, 2.05) is 25.9 Å². The van der Waals surface area contributed by atoms with Gasteiger partial charge in [0, 0.05) is 14.1 Å². The van der Waals surface area contributed by atoms with Crippen LogP contribution in [0.4, 0.5) is 0 Å². The Morgan fingerprint density at radius 3 is 2.00 bits per heavy atom. The van der Waals surface area contributed by atoms with Gasteiger partial charge in [-0.3, -0.25) is 0 Å². The second kappa shape index (κ2) is 2.91. The Kier molecular flexibility index (Phi) is 2.83.